The molecule has 0 saturated heterocycles. The third kappa shape index (κ3) is 4.62. The quantitative estimate of drug-likeness (QED) is 0.829. The third-order valence-corrected chi connectivity index (χ3v) is 2.61. The first kappa shape index (κ1) is 17.3. The summed E-state index contributed by atoms with van der Waals surface area (Å²) < 4.78 is 50.9. The van der Waals surface area contributed by atoms with Crippen molar-refractivity contribution in [1.29, 1.82) is 0 Å². The van der Waals surface area contributed by atoms with E-state index in [9.17, 15) is 17.6 Å². The maximum atomic E-state index is 12.4. The molecule has 0 fully saturated rings. The minimum absolute atomic E-state index is 0. The highest BCUT2D eigenvalue weighted by Gasteiger charge is 2.11. The number of anilines is 1. The van der Waals surface area contributed by atoms with Crippen molar-refractivity contribution in [3.8, 4) is 0 Å². The minimum atomic E-state index is -2.70. The molecule has 5 nitrogen and oxygen atoms in total. The number of hydrogen-bond donors (Lipinski definition) is 1. The predicted molar refractivity (Wildman–Crippen MR) is 71.0 cm³/mol. The van der Waals surface area contributed by atoms with Crippen LogP contribution in [0.15, 0.2) is 18.6 Å². The summed E-state index contributed by atoms with van der Waals surface area (Å²) in [6.45, 7) is -1.28. The van der Waals surface area contributed by atoms with Gasteiger partial charge in [-0.05, 0) is 6.92 Å². The van der Waals surface area contributed by atoms with Gasteiger partial charge in [-0.25, -0.2) is 13.5 Å². The summed E-state index contributed by atoms with van der Waals surface area (Å²) in [6.07, 6.45) is 1.65. The van der Waals surface area contributed by atoms with Gasteiger partial charge < -0.3 is 5.32 Å². The molecule has 1 N–H and O–H groups in total. The Morgan fingerprint density at radius 2 is 1.95 bits per heavy atom. The molecule has 0 saturated carbocycles. The summed E-state index contributed by atoms with van der Waals surface area (Å²) in [4.78, 5) is 0. The monoisotopic (exact) mass is 327 g/mol. The lowest BCUT2D eigenvalue weighted by atomic mass is 10.3. The maximum absolute atomic E-state index is 12.4. The molecular formula is C11H14ClF4N5. The van der Waals surface area contributed by atoms with Crippen LogP contribution in [0, 0.1) is 6.92 Å². The zero-order chi connectivity index (χ0) is 14.7. The van der Waals surface area contributed by atoms with Gasteiger partial charge in [0.2, 0.25) is 0 Å². The fourth-order valence-electron chi connectivity index (χ4n) is 1.69. The van der Waals surface area contributed by atoms with E-state index >= 15 is 0 Å². The molecule has 2 aromatic rings. The number of halogens is 5. The Bertz CT molecular complexity index is 569. The summed E-state index contributed by atoms with van der Waals surface area (Å²) in [5, 5.41) is 10.3. The normalized spacial score (nSPS) is 11.0. The lowest BCUT2D eigenvalue weighted by molar-refractivity contribution is 0.0563. The Hall–Kier alpha value is -1.77. The summed E-state index contributed by atoms with van der Waals surface area (Å²) in [5.74, 6) is 0. The second kappa shape index (κ2) is 7.30. The SMILES string of the molecule is Cc1nn(C(F)F)cc1NCc1cnn(CC(F)F)c1.Cl. The Labute approximate surface area is 124 Å². The topological polar surface area (TPSA) is 47.7 Å². The van der Waals surface area contributed by atoms with Gasteiger partial charge in [-0.3, -0.25) is 4.68 Å². The molecule has 0 aliphatic carbocycles. The van der Waals surface area contributed by atoms with Crippen LogP contribution in [-0.4, -0.2) is 26.0 Å². The highest BCUT2D eigenvalue weighted by Crippen LogP contribution is 2.18. The zero-order valence-corrected chi connectivity index (χ0v) is 11.8. The van der Waals surface area contributed by atoms with E-state index in [1.165, 1.54) is 18.6 Å². The first-order valence-electron chi connectivity index (χ1n) is 5.83. The van der Waals surface area contributed by atoms with Crippen LogP contribution in [0.25, 0.3) is 0 Å². The van der Waals surface area contributed by atoms with Gasteiger partial charge in [-0.15, -0.1) is 12.4 Å². The Balaban J connectivity index is 0.00000220. The molecular weight excluding hydrogens is 314 g/mol. The summed E-state index contributed by atoms with van der Waals surface area (Å²) >= 11 is 0. The standard InChI is InChI=1S/C11H13F4N5.ClH/c1-7-9(5-20(18-7)11(14)15)16-2-8-3-17-19(4-8)6-10(12)13;/h3-5,10-11,16H,2,6H2,1H3;1H. The van der Waals surface area contributed by atoms with Crippen LogP contribution >= 0.6 is 12.4 Å². The average Bonchev–Trinajstić information content (AvgIpc) is 2.93. The molecule has 0 unspecified atom stereocenters. The van der Waals surface area contributed by atoms with Gasteiger partial charge in [0.05, 0.1) is 23.8 Å². The highest BCUT2D eigenvalue weighted by atomic mass is 35.5. The predicted octanol–water partition coefficient (Wildman–Crippen LogP) is 3.08. The van der Waals surface area contributed by atoms with E-state index in [2.05, 4.69) is 15.5 Å². The fraction of sp³-hybridized carbons (Fsp3) is 0.455. The molecule has 2 heterocycles. The van der Waals surface area contributed by atoms with Crippen molar-refractivity contribution in [3.63, 3.8) is 0 Å². The van der Waals surface area contributed by atoms with Crippen LogP contribution < -0.4 is 5.32 Å². The van der Waals surface area contributed by atoms with Crippen LogP contribution in [0.4, 0.5) is 23.2 Å². The van der Waals surface area contributed by atoms with Crippen molar-refractivity contribution in [1.82, 2.24) is 19.6 Å². The Kier molecular flexibility index (Phi) is 6.01. The molecule has 10 heteroatoms. The average molecular weight is 328 g/mol. The number of aromatic nitrogens is 4. The van der Waals surface area contributed by atoms with E-state index < -0.39 is 19.5 Å². The van der Waals surface area contributed by atoms with Gasteiger partial charge in [-0.1, -0.05) is 0 Å². The van der Waals surface area contributed by atoms with E-state index in [0.717, 1.165) is 4.68 Å². The molecule has 0 aliphatic rings. The van der Waals surface area contributed by atoms with Crippen molar-refractivity contribution >= 4 is 18.1 Å². The number of aryl methyl sites for hydroxylation is 1. The number of alkyl halides is 4. The number of nitrogens with one attached hydrogen (secondary N) is 1. The largest absolute Gasteiger partial charge is 0.378 e. The zero-order valence-electron chi connectivity index (χ0n) is 11.0. The molecule has 0 spiro atoms. The minimum Gasteiger partial charge on any atom is -0.378 e. The lowest BCUT2D eigenvalue weighted by Crippen LogP contribution is -2.06. The van der Waals surface area contributed by atoms with E-state index in [0.29, 0.717) is 28.2 Å². The van der Waals surface area contributed by atoms with Crippen LogP contribution in [0.3, 0.4) is 0 Å². The maximum Gasteiger partial charge on any atom is 0.333 e. The smallest absolute Gasteiger partial charge is 0.333 e. The summed E-state index contributed by atoms with van der Waals surface area (Å²) in [6, 6.07) is 0. The molecule has 2 rings (SSSR count). The number of rotatable bonds is 6. The second-order valence-corrected chi connectivity index (χ2v) is 4.20. The lowest BCUT2D eigenvalue weighted by Gasteiger charge is -2.02. The number of nitrogens with zero attached hydrogens (tertiary/aromatic N) is 4. The van der Waals surface area contributed by atoms with Crippen LogP contribution in [0.5, 0.6) is 0 Å². The van der Waals surface area contributed by atoms with Gasteiger partial charge in [-0.2, -0.15) is 19.0 Å². The van der Waals surface area contributed by atoms with Crippen LogP contribution in [0.1, 0.15) is 17.8 Å². The van der Waals surface area contributed by atoms with Crippen LogP contribution in [-0.2, 0) is 13.1 Å². The van der Waals surface area contributed by atoms with Crippen molar-refractivity contribution < 1.29 is 17.6 Å². The van der Waals surface area contributed by atoms with E-state index in [1.54, 1.807) is 6.92 Å². The molecule has 0 radical (unpaired) electrons. The first-order chi connectivity index (χ1) is 9.45. The van der Waals surface area contributed by atoms with Gasteiger partial charge in [0.1, 0.15) is 6.54 Å². The highest BCUT2D eigenvalue weighted by molar-refractivity contribution is 5.85. The molecule has 0 aromatic carbocycles. The van der Waals surface area contributed by atoms with Gasteiger partial charge in [0, 0.05) is 18.3 Å². The first-order valence-corrected chi connectivity index (χ1v) is 5.83. The molecule has 0 aliphatic heterocycles. The van der Waals surface area contributed by atoms with Gasteiger partial charge in [0.15, 0.2) is 0 Å². The van der Waals surface area contributed by atoms with Crippen molar-refractivity contribution in [2.75, 3.05) is 5.32 Å². The van der Waals surface area contributed by atoms with Gasteiger partial charge >= 0.3 is 6.55 Å². The molecule has 118 valence electrons. The van der Waals surface area contributed by atoms with E-state index in [-0.39, 0.29) is 12.4 Å². The summed E-state index contributed by atoms with van der Waals surface area (Å²) in [5.41, 5.74) is 1.58. The second-order valence-electron chi connectivity index (χ2n) is 4.20. The van der Waals surface area contributed by atoms with E-state index in [4.69, 9.17) is 0 Å². The molecule has 0 atom stereocenters. The van der Waals surface area contributed by atoms with Crippen molar-refractivity contribution in [2.45, 2.75) is 33.0 Å². The molecule has 0 amide bonds. The fourth-order valence-corrected chi connectivity index (χ4v) is 1.69. The van der Waals surface area contributed by atoms with E-state index in [1.807, 2.05) is 0 Å². The van der Waals surface area contributed by atoms with Crippen molar-refractivity contribution in [2.24, 2.45) is 0 Å². The molecule has 2 aromatic heterocycles. The molecule has 21 heavy (non-hydrogen) atoms. The van der Waals surface area contributed by atoms with Crippen molar-refractivity contribution in [3.05, 3.63) is 29.8 Å². The Morgan fingerprint density at radius 1 is 1.24 bits per heavy atom. The Morgan fingerprint density at radius 3 is 2.52 bits per heavy atom. The summed E-state index contributed by atoms with van der Waals surface area (Å²) in [7, 11) is 0. The third-order valence-electron chi connectivity index (χ3n) is 2.61. The van der Waals surface area contributed by atoms with Gasteiger partial charge in [0.25, 0.3) is 6.43 Å². The van der Waals surface area contributed by atoms with Crippen LogP contribution in [0.2, 0.25) is 0 Å². The number of hydrogen-bond acceptors (Lipinski definition) is 3. The molecule has 0 bridgehead atoms.